The first-order valence-electron chi connectivity index (χ1n) is 6.96. The summed E-state index contributed by atoms with van der Waals surface area (Å²) in [5.74, 6) is -1.21. The number of hydrogen-bond acceptors (Lipinski definition) is 4. The van der Waals surface area contributed by atoms with Gasteiger partial charge in [0.25, 0.3) is 0 Å². The van der Waals surface area contributed by atoms with Crippen molar-refractivity contribution in [2.24, 2.45) is 0 Å². The Kier molecular flexibility index (Phi) is 6.11. The summed E-state index contributed by atoms with van der Waals surface area (Å²) in [5, 5.41) is 2.84. The van der Waals surface area contributed by atoms with Gasteiger partial charge in [0.1, 0.15) is 5.75 Å². The number of amides is 1. The van der Waals surface area contributed by atoms with Gasteiger partial charge in [0, 0.05) is 10.7 Å². The average Bonchev–Trinajstić information content (AvgIpc) is 2.52. The molecule has 6 nitrogen and oxygen atoms in total. The van der Waals surface area contributed by atoms with Crippen molar-refractivity contribution in [3.63, 3.8) is 0 Å². The third kappa shape index (κ3) is 6.21. The molecule has 1 amide bonds. The predicted octanol–water partition coefficient (Wildman–Crippen LogP) is 3.16. The summed E-state index contributed by atoms with van der Waals surface area (Å²) in [6.07, 6.45) is -4.88. The predicted molar refractivity (Wildman–Crippen MR) is 88.4 cm³/mol. The molecular formula is C15H12ClF3N2O4S. The van der Waals surface area contributed by atoms with Crippen molar-refractivity contribution in [3.8, 4) is 5.75 Å². The second-order valence-corrected chi connectivity index (χ2v) is 7.11. The van der Waals surface area contributed by atoms with Crippen LogP contribution in [0.15, 0.2) is 53.4 Å². The molecule has 0 aliphatic rings. The van der Waals surface area contributed by atoms with Crippen molar-refractivity contribution < 1.29 is 31.1 Å². The Morgan fingerprint density at radius 3 is 2.35 bits per heavy atom. The van der Waals surface area contributed by atoms with Crippen LogP contribution in [0, 0.1) is 0 Å². The normalized spacial score (nSPS) is 11.8. The standard InChI is InChI=1S/C15H12ClF3N2O4S/c16-10-2-1-3-11(8-10)21-14(22)9-20-26(23,24)13-6-4-12(5-7-13)25-15(17,18)19/h1-8,20H,9H2,(H,21,22). The largest absolute Gasteiger partial charge is 0.573 e. The van der Waals surface area contributed by atoms with Crippen LogP contribution in [0.5, 0.6) is 5.75 Å². The van der Waals surface area contributed by atoms with Gasteiger partial charge in [-0.1, -0.05) is 17.7 Å². The Balaban J connectivity index is 1.96. The first kappa shape index (κ1) is 20.0. The molecule has 0 radical (unpaired) electrons. The number of sulfonamides is 1. The molecule has 0 aliphatic heterocycles. The minimum absolute atomic E-state index is 0.317. The molecule has 0 aliphatic carbocycles. The molecule has 0 fully saturated rings. The van der Waals surface area contributed by atoms with Crippen molar-refractivity contribution >= 4 is 33.2 Å². The monoisotopic (exact) mass is 408 g/mol. The number of benzene rings is 2. The van der Waals surface area contributed by atoms with E-state index in [1.54, 1.807) is 18.2 Å². The summed E-state index contributed by atoms with van der Waals surface area (Å²) in [6.45, 7) is -0.574. The van der Waals surface area contributed by atoms with E-state index in [2.05, 4.69) is 10.1 Å². The van der Waals surface area contributed by atoms with E-state index in [1.165, 1.54) is 6.07 Å². The van der Waals surface area contributed by atoms with Crippen LogP contribution in [0.1, 0.15) is 0 Å². The highest BCUT2D eigenvalue weighted by molar-refractivity contribution is 7.89. The van der Waals surface area contributed by atoms with E-state index < -0.39 is 34.6 Å². The second-order valence-electron chi connectivity index (χ2n) is 4.90. The van der Waals surface area contributed by atoms with Gasteiger partial charge in [-0.25, -0.2) is 13.1 Å². The Morgan fingerprint density at radius 1 is 1.12 bits per heavy atom. The molecule has 0 saturated heterocycles. The Bertz CT molecular complexity index is 887. The van der Waals surface area contributed by atoms with Gasteiger partial charge >= 0.3 is 6.36 Å². The van der Waals surface area contributed by atoms with Crippen LogP contribution in [0.2, 0.25) is 5.02 Å². The third-order valence-corrected chi connectivity index (χ3v) is 4.55. The first-order valence-corrected chi connectivity index (χ1v) is 8.82. The summed E-state index contributed by atoms with van der Waals surface area (Å²) < 4.78 is 66.1. The van der Waals surface area contributed by atoms with Crippen molar-refractivity contribution in [1.82, 2.24) is 4.72 Å². The fourth-order valence-corrected chi connectivity index (χ4v) is 3.01. The fraction of sp³-hybridized carbons (Fsp3) is 0.133. The van der Waals surface area contributed by atoms with Crippen LogP contribution < -0.4 is 14.8 Å². The topological polar surface area (TPSA) is 84.5 Å². The average molecular weight is 409 g/mol. The molecule has 0 heterocycles. The highest BCUT2D eigenvalue weighted by Crippen LogP contribution is 2.23. The molecule has 0 aromatic heterocycles. The third-order valence-electron chi connectivity index (χ3n) is 2.90. The number of anilines is 1. The van der Waals surface area contributed by atoms with Crippen molar-refractivity contribution in [2.45, 2.75) is 11.3 Å². The first-order chi connectivity index (χ1) is 12.0. The maximum absolute atomic E-state index is 12.1. The highest BCUT2D eigenvalue weighted by Gasteiger charge is 2.31. The second kappa shape index (κ2) is 7.94. The van der Waals surface area contributed by atoms with Crippen LogP contribution in [0.3, 0.4) is 0 Å². The molecule has 0 unspecified atom stereocenters. The van der Waals surface area contributed by atoms with Crippen molar-refractivity contribution in [3.05, 3.63) is 53.6 Å². The molecule has 2 N–H and O–H groups in total. The van der Waals surface area contributed by atoms with Gasteiger partial charge in [0.2, 0.25) is 15.9 Å². The molecular weight excluding hydrogens is 397 g/mol. The highest BCUT2D eigenvalue weighted by atomic mass is 35.5. The molecule has 140 valence electrons. The molecule has 2 aromatic rings. The van der Waals surface area contributed by atoms with Gasteiger partial charge in [-0.3, -0.25) is 4.79 Å². The summed E-state index contributed by atoms with van der Waals surface area (Å²) in [7, 11) is -4.09. The minimum atomic E-state index is -4.88. The van der Waals surface area contributed by atoms with Crippen LogP contribution in [0.25, 0.3) is 0 Å². The Labute approximate surface area is 152 Å². The van der Waals surface area contributed by atoms with E-state index in [9.17, 15) is 26.4 Å². The van der Waals surface area contributed by atoms with Gasteiger partial charge in [-0.05, 0) is 42.5 Å². The van der Waals surface area contributed by atoms with E-state index in [4.69, 9.17) is 11.6 Å². The van der Waals surface area contributed by atoms with Gasteiger partial charge in [0.05, 0.1) is 11.4 Å². The lowest BCUT2D eigenvalue weighted by molar-refractivity contribution is -0.274. The number of hydrogen-bond donors (Lipinski definition) is 2. The number of carbonyl (C=O) groups excluding carboxylic acids is 1. The van der Waals surface area contributed by atoms with E-state index in [0.29, 0.717) is 10.7 Å². The molecule has 0 bridgehead atoms. The molecule has 0 atom stereocenters. The number of ether oxygens (including phenoxy) is 1. The molecule has 11 heteroatoms. The zero-order valence-corrected chi connectivity index (χ0v) is 14.5. The van der Waals surface area contributed by atoms with Crippen LogP contribution in [-0.2, 0) is 14.8 Å². The maximum Gasteiger partial charge on any atom is 0.573 e. The zero-order chi connectivity index (χ0) is 19.4. The lowest BCUT2D eigenvalue weighted by Crippen LogP contribution is -2.32. The fourth-order valence-electron chi connectivity index (χ4n) is 1.84. The molecule has 2 aromatic carbocycles. The number of halogens is 4. The molecule has 0 saturated carbocycles. The van der Waals surface area contributed by atoms with E-state index in [0.717, 1.165) is 24.3 Å². The van der Waals surface area contributed by atoms with E-state index in [-0.39, 0.29) is 4.90 Å². The van der Waals surface area contributed by atoms with E-state index in [1.807, 2.05) is 4.72 Å². The molecule has 0 spiro atoms. The van der Waals surface area contributed by atoms with Crippen LogP contribution in [-0.4, -0.2) is 27.2 Å². The quantitative estimate of drug-likeness (QED) is 0.769. The summed E-state index contributed by atoms with van der Waals surface area (Å²) in [4.78, 5) is 11.5. The van der Waals surface area contributed by atoms with Crippen molar-refractivity contribution in [2.75, 3.05) is 11.9 Å². The maximum atomic E-state index is 12.1. The SMILES string of the molecule is O=C(CNS(=O)(=O)c1ccc(OC(F)(F)F)cc1)Nc1cccc(Cl)c1. The van der Waals surface area contributed by atoms with Crippen LogP contribution >= 0.6 is 11.6 Å². The summed E-state index contributed by atoms with van der Waals surface area (Å²) >= 11 is 5.77. The van der Waals surface area contributed by atoms with E-state index >= 15 is 0 Å². The van der Waals surface area contributed by atoms with Crippen molar-refractivity contribution in [1.29, 1.82) is 0 Å². The molecule has 2 rings (SSSR count). The van der Waals surface area contributed by atoms with Gasteiger partial charge in [-0.15, -0.1) is 13.2 Å². The Morgan fingerprint density at radius 2 is 1.77 bits per heavy atom. The number of rotatable bonds is 6. The number of alkyl halides is 3. The lowest BCUT2D eigenvalue weighted by Gasteiger charge is -2.10. The van der Waals surface area contributed by atoms with Crippen LogP contribution in [0.4, 0.5) is 18.9 Å². The van der Waals surface area contributed by atoms with Gasteiger partial charge in [-0.2, -0.15) is 0 Å². The lowest BCUT2D eigenvalue weighted by atomic mass is 10.3. The minimum Gasteiger partial charge on any atom is -0.406 e. The summed E-state index contributed by atoms with van der Waals surface area (Å²) in [5.41, 5.74) is 0.385. The summed E-state index contributed by atoms with van der Waals surface area (Å²) in [6, 6.07) is 9.82. The molecule has 26 heavy (non-hydrogen) atoms. The Hall–Kier alpha value is -2.30. The smallest absolute Gasteiger partial charge is 0.406 e. The zero-order valence-electron chi connectivity index (χ0n) is 12.9. The van der Waals surface area contributed by atoms with Gasteiger partial charge in [0.15, 0.2) is 0 Å². The number of nitrogens with one attached hydrogen (secondary N) is 2. The van der Waals surface area contributed by atoms with Gasteiger partial charge < -0.3 is 10.1 Å². The number of carbonyl (C=O) groups is 1.